The van der Waals surface area contributed by atoms with Crippen LogP contribution in [0.2, 0.25) is 0 Å². The Hall–Kier alpha value is -2.60. The van der Waals surface area contributed by atoms with Crippen LogP contribution in [0, 0.1) is 0 Å². The van der Waals surface area contributed by atoms with Gasteiger partial charge in [-0.1, -0.05) is 26.0 Å². The van der Waals surface area contributed by atoms with Gasteiger partial charge in [0.05, 0.1) is 0 Å². The molecule has 0 aliphatic heterocycles. The molecule has 0 aliphatic carbocycles. The number of benzene rings is 2. The lowest BCUT2D eigenvalue weighted by molar-refractivity contribution is 0.486. The van der Waals surface area contributed by atoms with E-state index in [4.69, 9.17) is 8.60 Å². The third-order valence-electron chi connectivity index (χ3n) is 4.15. The summed E-state index contributed by atoms with van der Waals surface area (Å²) in [6, 6.07) is 14.0. The van der Waals surface area contributed by atoms with Crippen LogP contribution >= 0.6 is 0 Å². The summed E-state index contributed by atoms with van der Waals surface area (Å²) in [5.74, 6) is 0.660. The predicted molar refractivity (Wildman–Crippen MR) is 95.4 cm³/mol. The zero-order valence-electron chi connectivity index (χ0n) is 13.9. The molecule has 0 N–H and O–H groups in total. The van der Waals surface area contributed by atoms with Crippen molar-refractivity contribution < 1.29 is 17.0 Å². The highest BCUT2D eigenvalue weighted by Crippen LogP contribution is 2.25. The van der Waals surface area contributed by atoms with Crippen LogP contribution in [0.3, 0.4) is 0 Å². The Bertz CT molecular complexity index is 1050. The van der Waals surface area contributed by atoms with E-state index >= 15 is 0 Å². The molecule has 6 heteroatoms. The molecule has 3 aromatic rings. The molecule has 25 heavy (non-hydrogen) atoms. The second kappa shape index (κ2) is 6.72. The van der Waals surface area contributed by atoms with Gasteiger partial charge in [0.15, 0.2) is 0 Å². The Balaban J connectivity index is 1.88. The molecule has 0 spiro atoms. The van der Waals surface area contributed by atoms with E-state index in [1.165, 1.54) is 30.3 Å². The second-order valence-corrected chi connectivity index (χ2v) is 7.42. The normalized spacial score (nSPS) is 12.9. The van der Waals surface area contributed by atoms with Crippen LogP contribution in [0.4, 0.5) is 0 Å². The van der Waals surface area contributed by atoms with E-state index < -0.39 is 15.7 Å². The summed E-state index contributed by atoms with van der Waals surface area (Å²) in [6.45, 7) is 4.21. The van der Waals surface area contributed by atoms with Crippen molar-refractivity contribution in [1.29, 1.82) is 0 Å². The largest absolute Gasteiger partial charge is 0.423 e. The molecule has 5 nitrogen and oxygen atoms in total. The number of fused-ring (bicyclic) bond motifs is 1. The Labute approximate surface area is 146 Å². The first-order valence-electron chi connectivity index (χ1n) is 7.97. The van der Waals surface area contributed by atoms with Gasteiger partial charge >= 0.3 is 15.7 Å². The van der Waals surface area contributed by atoms with Crippen LogP contribution in [-0.4, -0.2) is 8.42 Å². The molecule has 1 heterocycles. The molecule has 0 bridgehead atoms. The van der Waals surface area contributed by atoms with E-state index in [-0.39, 0.29) is 10.6 Å². The van der Waals surface area contributed by atoms with Crippen molar-refractivity contribution in [1.82, 2.24) is 0 Å². The molecular formula is C19H18O5S. The lowest BCUT2D eigenvalue weighted by Crippen LogP contribution is -2.10. The van der Waals surface area contributed by atoms with Gasteiger partial charge in [-0.3, -0.25) is 0 Å². The van der Waals surface area contributed by atoms with Crippen LogP contribution in [0.15, 0.2) is 68.7 Å². The zero-order valence-corrected chi connectivity index (χ0v) is 14.7. The molecule has 0 unspecified atom stereocenters. The SMILES string of the molecule is CC[C@@H](C)c1ccc(OS(=O)(=O)c2ccc3oc(=O)ccc3c2)cc1. The van der Waals surface area contributed by atoms with E-state index in [1.54, 1.807) is 12.1 Å². The summed E-state index contributed by atoms with van der Waals surface area (Å²) in [5.41, 5.74) is 0.970. The van der Waals surface area contributed by atoms with Crippen LogP contribution in [0.5, 0.6) is 5.75 Å². The molecule has 0 aliphatic rings. The molecule has 130 valence electrons. The van der Waals surface area contributed by atoms with Crippen molar-refractivity contribution >= 4 is 21.1 Å². The maximum absolute atomic E-state index is 12.5. The smallest absolute Gasteiger partial charge is 0.339 e. The summed E-state index contributed by atoms with van der Waals surface area (Å²) in [6.07, 6.45) is 1.01. The molecule has 0 amide bonds. The summed E-state index contributed by atoms with van der Waals surface area (Å²) < 4.78 is 35.2. The van der Waals surface area contributed by atoms with Gasteiger partial charge in [0.2, 0.25) is 0 Å². The van der Waals surface area contributed by atoms with Gasteiger partial charge in [0, 0.05) is 11.5 Å². The van der Waals surface area contributed by atoms with Crippen LogP contribution in [-0.2, 0) is 10.1 Å². The van der Waals surface area contributed by atoms with E-state index in [2.05, 4.69) is 13.8 Å². The van der Waals surface area contributed by atoms with Gasteiger partial charge in [0.1, 0.15) is 16.2 Å². The number of hydrogen-bond acceptors (Lipinski definition) is 5. The fourth-order valence-electron chi connectivity index (χ4n) is 2.47. The van der Waals surface area contributed by atoms with Crippen LogP contribution in [0.1, 0.15) is 31.7 Å². The van der Waals surface area contributed by atoms with Gasteiger partial charge in [-0.15, -0.1) is 0 Å². The van der Waals surface area contributed by atoms with Gasteiger partial charge in [0.25, 0.3) is 0 Å². The Kier molecular flexibility index (Phi) is 4.63. The summed E-state index contributed by atoms with van der Waals surface area (Å²) in [7, 11) is -3.97. The minimum absolute atomic E-state index is 0.000137. The van der Waals surface area contributed by atoms with Crippen molar-refractivity contribution in [3.05, 3.63) is 70.6 Å². The third kappa shape index (κ3) is 3.74. The first kappa shape index (κ1) is 17.2. The fraction of sp³-hybridized carbons (Fsp3) is 0.211. The van der Waals surface area contributed by atoms with Crippen molar-refractivity contribution in [2.45, 2.75) is 31.1 Å². The van der Waals surface area contributed by atoms with E-state index in [9.17, 15) is 13.2 Å². The minimum atomic E-state index is -3.97. The average Bonchev–Trinajstić information content (AvgIpc) is 2.60. The van der Waals surface area contributed by atoms with Crippen molar-refractivity contribution in [2.24, 2.45) is 0 Å². The number of rotatable bonds is 5. The van der Waals surface area contributed by atoms with E-state index in [0.717, 1.165) is 12.0 Å². The standard InChI is InChI=1S/C19H18O5S/c1-3-13(2)14-4-7-16(8-5-14)24-25(21,22)17-9-10-18-15(12-17)6-11-19(20)23-18/h4-13H,3H2,1-2H3/t13-/m1/s1. The predicted octanol–water partition coefficient (Wildman–Crippen LogP) is 4.07. The zero-order chi connectivity index (χ0) is 18.0. The molecule has 0 radical (unpaired) electrons. The van der Waals surface area contributed by atoms with Gasteiger partial charge in [-0.25, -0.2) is 4.79 Å². The Morgan fingerprint density at radius 1 is 1.04 bits per heavy atom. The molecule has 0 fully saturated rings. The lowest BCUT2D eigenvalue weighted by atomic mass is 9.99. The summed E-state index contributed by atoms with van der Waals surface area (Å²) in [5, 5.41) is 0.511. The van der Waals surface area contributed by atoms with Gasteiger partial charge < -0.3 is 8.60 Å². The van der Waals surface area contributed by atoms with Crippen molar-refractivity contribution in [3.63, 3.8) is 0 Å². The molecule has 0 saturated heterocycles. The first-order valence-corrected chi connectivity index (χ1v) is 9.38. The van der Waals surface area contributed by atoms with Crippen LogP contribution in [0.25, 0.3) is 11.0 Å². The molecule has 1 atom stereocenters. The Morgan fingerprint density at radius 3 is 2.44 bits per heavy atom. The highest BCUT2D eigenvalue weighted by Gasteiger charge is 2.18. The fourth-order valence-corrected chi connectivity index (χ4v) is 3.43. The maximum atomic E-state index is 12.5. The van der Waals surface area contributed by atoms with E-state index in [1.807, 2.05) is 12.1 Å². The molecule has 2 aromatic carbocycles. The van der Waals surface area contributed by atoms with Crippen molar-refractivity contribution in [2.75, 3.05) is 0 Å². The summed E-state index contributed by atoms with van der Waals surface area (Å²) >= 11 is 0. The quantitative estimate of drug-likeness (QED) is 0.508. The topological polar surface area (TPSA) is 73.6 Å². The van der Waals surface area contributed by atoms with Gasteiger partial charge in [-0.05, 0) is 54.3 Å². The Morgan fingerprint density at radius 2 is 1.76 bits per heavy atom. The highest BCUT2D eigenvalue weighted by molar-refractivity contribution is 7.87. The minimum Gasteiger partial charge on any atom is -0.423 e. The molecular weight excluding hydrogens is 340 g/mol. The van der Waals surface area contributed by atoms with E-state index in [0.29, 0.717) is 16.9 Å². The maximum Gasteiger partial charge on any atom is 0.339 e. The average molecular weight is 358 g/mol. The highest BCUT2D eigenvalue weighted by atomic mass is 32.2. The molecule has 3 rings (SSSR count). The first-order chi connectivity index (χ1) is 11.9. The van der Waals surface area contributed by atoms with Gasteiger partial charge in [-0.2, -0.15) is 8.42 Å². The van der Waals surface area contributed by atoms with Crippen molar-refractivity contribution in [3.8, 4) is 5.75 Å². The third-order valence-corrected chi connectivity index (χ3v) is 5.39. The lowest BCUT2D eigenvalue weighted by Gasteiger charge is -2.11. The molecule has 1 aromatic heterocycles. The summed E-state index contributed by atoms with van der Waals surface area (Å²) in [4.78, 5) is 11.2. The number of hydrogen-bond donors (Lipinski definition) is 0. The molecule has 0 saturated carbocycles. The monoisotopic (exact) mass is 358 g/mol. The van der Waals surface area contributed by atoms with Crippen LogP contribution < -0.4 is 9.81 Å². The second-order valence-electron chi connectivity index (χ2n) is 5.87.